The summed E-state index contributed by atoms with van der Waals surface area (Å²) in [7, 11) is -3.21. The van der Waals surface area contributed by atoms with Gasteiger partial charge < -0.3 is 0 Å². The van der Waals surface area contributed by atoms with Crippen molar-refractivity contribution in [2.45, 2.75) is 45.6 Å². The molecule has 0 unspecified atom stereocenters. The Labute approximate surface area is 86.9 Å². The molecule has 0 spiro atoms. The molecule has 4 nitrogen and oxygen atoms in total. The number of nitrogens with zero attached hydrogens (tertiary/aromatic N) is 1. The largest absolute Gasteiger partial charge is 0.279 e. The lowest BCUT2D eigenvalue weighted by molar-refractivity contribution is 0.265. The van der Waals surface area contributed by atoms with Crippen LogP contribution in [0.5, 0.6) is 0 Å². The average Bonchev–Trinajstić information content (AvgIpc) is 2.15. The zero-order valence-corrected chi connectivity index (χ0v) is 9.81. The Balaban J connectivity index is 2.60. The summed E-state index contributed by atoms with van der Waals surface area (Å²) in [4.78, 5) is 0. The normalized spacial score (nSPS) is 25.1. The quantitative estimate of drug-likeness (QED) is 0.771. The van der Waals surface area contributed by atoms with E-state index in [1.165, 1.54) is 0 Å². The van der Waals surface area contributed by atoms with Crippen molar-refractivity contribution >= 4 is 10.2 Å². The smallest absolute Gasteiger partial charge is 0.202 e. The monoisotopic (exact) mass is 220 g/mol. The van der Waals surface area contributed by atoms with Crippen molar-refractivity contribution in [1.29, 1.82) is 0 Å². The Morgan fingerprint density at radius 1 is 1.43 bits per heavy atom. The first-order valence-electron chi connectivity index (χ1n) is 5.34. The number of hydrogen-bond donors (Lipinski definition) is 1. The predicted molar refractivity (Wildman–Crippen MR) is 57.2 cm³/mol. The van der Waals surface area contributed by atoms with Crippen LogP contribution >= 0.6 is 0 Å². The van der Waals surface area contributed by atoms with Gasteiger partial charge in [0.1, 0.15) is 0 Å². The Kier molecular flexibility index (Phi) is 4.34. The molecular formula is C9H20N2O2S. The van der Waals surface area contributed by atoms with E-state index in [2.05, 4.69) is 4.72 Å². The third-order valence-electron chi connectivity index (χ3n) is 2.59. The molecule has 0 aromatic carbocycles. The second-order valence-electron chi connectivity index (χ2n) is 3.85. The van der Waals surface area contributed by atoms with Gasteiger partial charge in [0.05, 0.1) is 0 Å². The van der Waals surface area contributed by atoms with Crippen LogP contribution in [-0.2, 0) is 10.2 Å². The first-order chi connectivity index (χ1) is 6.58. The maximum atomic E-state index is 11.8. The topological polar surface area (TPSA) is 49.4 Å². The molecular weight excluding hydrogens is 200 g/mol. The van der Waals surface area contributed by atoms with Crippen LogP contribution in [0.3, 0.4) is 0 Å². The third-order valence-corrected chi connectivity index (χ3v) is 4.31. The summed E-state index contributed by atoms with van der Waals surface area (Å²) in [6, 6.07) is 0.151. The minimum absolute atomic E-state index is 0.151. The van der Waals surface area contributed by atoms with E-state index in [-0.39, 0.29) is 6.04 Å². The fourth-order valence-electron chi connectivity index (χ4n) is 1.74. The van der Waals surface area contributed by atoms with Crippen molar-refractivity contribution in [2.24, 2.45) is 0 Å². The van der Waals surface area contributed by atoms with Crippen LogP contribution < -0.4 is 4.72 Å². The maximum absolute atomic E-state index is 11.8. The molecule has 1 aliphatic rings. The van der Waals surface area contributed by atoms with Crippen molar-refractivity contribution in [1.82, 2.24) is 9.03 Å². The summed E-state index contributed by atoms with van der Waals surface area (Å²) in [5.74, 6) is 0. The van der Waals surface area contributed by atoms with Crippen LogP contribution in [0.4, 0.5) is 0 Å². The fourth-order valence-corrected chi connectivity index (χ4v) is 3.32. The van der Waals surface area contributed by atoms with Crippen LogP contribution in [0, 0.1) is 0 Å². The molecule has 0 aromatic rings. The summed E-state index contributed by atoms with van der Waals surface area (Å²) in [5, 5.41) is 0. The van der Waals surface area contributed by atoms with Crippen LogP contribution in [0.1, 0.15) is 39.5 Å². The van der Waals surface area contributed by atoms with E-state index < -0.39 is 10.2 Å². The Bertz CT molecular complexity index is 264. The molecule has 0 amide bonds. The van der Waals surface area contributed by atoms with Crippen molar-refractivity contribution in [3.8, 4) is 0 Å². The molecule has 1 heterocycles. The molecule has 0 aliphatic carbocycles. The highest BCUT2D eigenvalue weighted by atomic mass is 32.2. The van der Waals surface area contributed by atoms with E-state index in [0.29, 0.717) is 13.1 Å². The Morgan fingerprint density at radius 3 is 2.71 bits per heavy atom. The lowest BCUT2D eigenvalue weighted by atomic mass is 10.1. The molecule has 0 radical (unpaired) electrons. The van der Waals surface area contributed by atoms with E-state index in [4.69, 9.17) is 0 Å². The van der Waals surface area contributed by atoms with Crippen LogP contribution in [0.15, 0.2) is 0 Å². The number of piperidine rings is 1. The minimum atomic E-state index is -3.21. The standard InChI is InChI=1S/C9H20N2O2S/c1-3-7-10-14(12,13)11-8-5-4-6-9(11)2/h9-10H,3-8H2,1-2H3/t9-/m0/s1. The fraction of sp³-hybridized carbons (Fsp3) is 1.00. The van der Waals surface area contributed by atoms with Crippen LogP contribution in [-0.4, -0.2) is 31.9 Å². The molecule has 1 saturated heterocycles. The van der Waals surface area contributed by atoms with E-state index in [0.717, 1.165) is 25.7 Å². The van der Waals surface area contributed by atoms with Gasteiger partial charge in [0.25, 0.3) is 10.2 Å². The second kappa shape index (κ2) is 5.09. The zero-order valence-electron chi connectivity index (χ0n) is 8.99. The van der Waals surface area contributed by atoms with E-state index in [1.54, 1.807) is 4.31 Å². The van der Waals surface area contributed by atoms with Gasteiger partial charge in [-0.25, -0.2) is 4.72 Å². The van der Waals surface area contributed by atoms with Crippen molar-refractivity contribution in [3.63, 3.8) is 0 Å². The summed E-state index contributed by atoms with van der Waals surface area (Å²) < 4.78 is 27.7. The highest BCUT2D eigenvalue weighted by Gasteiger charge is 2.28. The van der Waals surface area contributed by atoms with Gasteiger partial charge in [-0.1, -0.05) is 13.3 Å². The minimum Gasteiger partial charge on any atom is -0.202 e. The number of rotatable bonds is 4. The Hall–Kier alpha value is -0.130. The molecule has 1 atom stereocenters. The molecule has 5 heteroatoms. The van der Waals surface area contributed by atoms with Gasteiger partial charge in [-0.15, -0.1) is 0 Å². The van der Waals surface area contributed by atoms with Gasteiger partial charge in [0.2, 0.25) is 0 Å². The Morgan fingerprint density at radius 2 is 2.14 bits per heavy atom. The van der Waals surface area contributed by atoms with E-state index in [1.807, 2.05) is 13.8 Å². The lowest BCUT2D eigenvalue weighted by Crippen LogP contribution is -2.47. The number of hydrogen-bond acceptors (Lipinski definition) is 2. The van der Waals surface area contributed by atoms with Gasteiger partial charge in [0, 0.05) is 19.1 Å². The van der Waals surface area contributed by atoms with Gasteiger partial charge in [-0.3, -0.25) is 0 Å². The van der Waals surface area contributed by atoms with E-state index in [9.17, 15) is 8.42 Å². The van der Waals surface area contributed by atoms with Crippen LogP contribution in [0.2, 0.25) is 0 Å². The highest BCUT2D eigenvalue weighted by molar-refractivity contribution is 7.87. The first kappa shape index (κ1) is 11.9. The summed E-state index contributed by atoms with van der Waals surface area (Å²) in [6.07, 6.45) is 3.94. The summed E-state index contributed by atoms with van der Waals surface area (Å²) in [5.41, 5.74) is 0. The van der Waals surface area contributed by atoms with Crippen molar-refractivity contribution in [3.05, 3.63) is 0 Å². The number of nitrogens with one attached hydrogen (secondary N) is 1. The lowest BCUT2D eigenvalue weighted by Gasteiger charge is -2.32. The molecule has 1 aliphatic heterocycles. The summed E-state index contributed by atoms with van der Waals surface area (Å²) >= 11 is 0. The maximum Gasteiger partial charge on any atom is 0.279 e. The van der Waals surface area contributed by atoms with Gasteiger partial charge >= 0.3 is 0 Å². The van der Waals surface area contributed by atoms with Gasteiger partial charge in [-0.2, -0.15) is 12.7 Å². The molecule has 0 aromatic heterocycles. The first-order valence-corrected chi connectivity index (χ1v) is 6.78. The van der Waals surface area contributed by atoms with E-state index >= 15 is 0 Å². The van der Waals surface area contributed by atoms with Crippen molar-refractivity contribution < 1.29 is 8.42 Å². The third kappa shape index (κ3) is 2.93. The SMILES string of the molecule is CCCNS(=O)(=O)N1CCCC[C@@H]1C. The predicted octanol–water partition coefficient (Wildman–Crippen LogP) is 1.11. The molecule has 84 valence electrons. The van der Waals surface area contributed by atoms with Crippen LogP contribution in [0.25, 0.3) is 0 Å². The summed E-state index contributed by atoms with van der Waals surface area (Å²) in [6.45, 7) is 5.14. The zero-order chi connectivity index (χ0) is 10.6. The second-order valence-corrected chi connectivity index (χ2v) is 5.56. The molecule has 0 bridgehead atoms. The molecule has 1 fully saturated rings. The highest BCUT2D eigenvalue weighted by Crippen LogP contribution is 2.18. The molecule has 1 rings (SSSR count). The molecule has 1 N–H and O–H groups in total. The van der Waals surface area contributed by atoms with Gasteiger partial charge in [-0.05, 0) is 26.2 Å². The van der Waals surface area contributed by atoms with Crippen molar-refractivity contribution in [2.75, 3.05) is 13.1 Å². The average molecular weight is 220 g/mol. The molecule has 14 heavy (non-hydrogen) atoms. The molecule has 0 saturated carbocycles. The van der Waals surface area contributed by atoms with Gasteiger partial charge in [0.15, 0.2) is 0 Å².